The van der Waals surface area contributed by atoms with E-state index < -0.39 is 14.2 Å². The van der Waals surface area contributed by atoms with E-state index in [0.717, 1.165) is 5.39 Å². The lowest BCUT2D eigenvalue weighted by atomic mass is 10.1. The number of aromatic carboxylic acids is 1. The molecule has 0 spiro atoms. The average Bonchev–Trinajstić information content (AvgIpc) is 2.81. The van der Waals surface area contributed by atoms with E-state index in [1.54, 1.807) is 12.1 Å². The van der Waals surface area contributed by atoms with Crippen molar-refractivity contribution < 1.29 is 9.90 Å². The zero-order chi connectivity index (χ0) is 16.7. The third-order valence-electron chi connectivity index (χ3n) is 5.13. The van der Waals surface area contributed by atoms with E-state index in [0.29, 0.717) is 22.2 Å². The Morgan fingerprint density at radius 1 is 1.00 bits per heavy atom. The van der Waals surface area contributed by atoms with Gasteiger partial charge in [0.1, 0.15) is 0 Å². The van der Waals surface area contributed by atoms with Gasteiger partial charge in [0.15, 0.2) is 8.24 Å². The fourth-order valence-corrected chi connectivity index (χ4v) is 11.1. The molecule has 0 atom stereocenters. The standard InChI is InChI=1S/C18H27NO2Si/c1-12(2)22(13(3)4,14(5)6)19-10-9-15-11-16(18(20)21)7-8-17(15)19/h7-14H,1-6H3,(H,20,21). The Labute approximate surface area is 134 Å². The van der Waals surface area contributed by atoms with E-state index in [1.807, 2.05) is 6.07 Å². The molecule has 1 aromatic heterocycles. The molecule has 0 fully saturated rings. The Kier molecular flexibility index (Phi) is 4.52. The van der Waals surface area contributed by atoms with Crippen molar-refractivity contribution in [2.75, 3.05) is 0 Å². The topological polar surface area (TPSA) is 42.2 Å². The summed E-state index contributed by atoms with van der Waals surface area (Å²) in [5.41, 5.74) is 3.37. The van der Waals surface area contributed by atoms with Gasteiger partial charge in [-0.25, -0.2) is 4.79 Å². The van der Waals surface area contributed by atoms with E-state index in [4.69, 9.17) is 0 Å². The fraction of sp³-hybridized carbons (Fsp3) is 0.500. The maximum Gasteiger partial charge on any atom is 0.335 e. The van der Waals surface area contributed by atoms with Gasteiger partial charge < -0.3 is 9.34 Å². The van der Waals surface area contributed by atoms with Gasteiger partial charge in [-0.1, -0.05) is 41.5 Å². The van der Waals surface area contributed by atoms with Crippen molar-refractivity contribution in [1.29, 1.82) is 0 Å². The normalized spacial score (nSPS) is 12.8. The molecule has 4 heteroatoms. The Bertz CT molecular complexity index is 664. The zero-order valence-corrected chi connectivity index (χ0v) is 15.4. The molecule has 0 unspecified atom stereocenters. The molecule has 0 amide bonds. The van der Waals surface area contributed by atoms with Crippen molar-refractivity contribution in [3.05, 3.63) is 36.0 Å². The van der Waals surface area contributed by atoms with Gasteiger partial charge in [-0.15, -0.1) is 0 Å². The van der Waals surface area contributed by atoms with Gasteiger partial charge in [-0.3, -0.25) is 0 Å². The van der Waals surface area contributed by atoms with Gasteiger partial charge in [0.25, 0.3) is 0 Å². The molecular formula is C18H27NO2Si. The number of benzene rings is 1. The molecule has 1 heterocycles. The van der Waals surface area contributed by atoms with Gasteiger partial charge in [0.05, 0.1) is 5.56 Å². The highest BCUT2D eigenvalue weighted by Gasteiger charge is 2.45. The third-order valence-corrected chi connectivity index (χ3v) is 11.9. The maximum atomic E-state index is 11.2. The van der Waals surface area contributed by atoms with Crippen LogP contribution in [0, 0.1) is 0 Å². The van der Waals surface area contributed by atoms with Crippen LogP contribution in [0.15, 0.2) is 30.5 Å². The SMILES string of the molecule is CC(C)[Si](C(C)C)(C(C)C)n1ccc2cc(C(=O)O)ccc21. The first kappa shape index (κ1) is 16.8. The van der Waals surface area contributed by atoms with Crippen LogP contribution in [0.3, 0.4) is 0 Å². The van der Waals surface area contributed by atoms with Crippen LogP contribution in [-0.2, 0) is 0 Å². The summed E-state index contributed by atoms with van der Waals surface area (Å²) in [4.78, 5) is 11.2. The van der Waals surface area contributed by atoms with Gasteiger partial charge in [-0.2, -0.15) is 0 Å². The molecule has 0 radical (unpaired) electrons. The fourth-order valence-electron chi connectivity index (χ4n) is 4.45. The van der Waals surface area contributed by atoms with Gasteiger partial charge in [0.2, 0.25) is 0 Å². The largest absolute Gasteiger partial charge is 0.478 e. The molecule has 22 heavy (non-hydrogen) atoms. The Balaban J connectivity index is 2.73. The molecule has 0 saturated heterocycles. The number of hydrogen-bond donors (Lipinski definition) is 1. The molecule has 0 aliphatic carbocycles. The van der Waals surface area contributed by atoms with Crippen LogP contribution in [0.2, 0.25) is 16.6 Å². The van der Waals surface area contributed by atoms with Crippen molar-refractivity contribution >= 4 is 25.1 Å². The maximum absolute atomic E-state index is 11.2. The van der Waals surface area contributed by atoms with Crippen LogP contribution < -0.4 is 0 Å². The third kappa shape index (κ3) is 2.39. The average molecular weight is 318 g/mol. The Morgan fingerprint density at radius 3 is 2.00 bits per heavy atom. The second-order valence-electron chi connectivity index (χ2n) is 7.12. The summed E-state index contributed by atoms with van der Waals surface area (Å²) in [7, 11) is -1.79. The molecule has 1 aromatic carbocycles. The molecule has 0 aliphatic rings. The molecule has 2 aromatic rings. The van der Waals surface area contributed by atoms with E-state index in [-0.39, 0.29) is 0 Å². The van der Waals surface area contributed by atoms with Crippen LogP contribution in [0.25, 0.3) is 10.9 Å². The van der Waals surface area contributed by atoms with Crippen LogP contribution in [0.1, 0.15) is 51.9 Å². The van der Waals surface area contributed by atoms with Gasteiger partial charge in [0, 0.05) is 5.52 Å². The van der Waals surface area contributed by atoms with E-state index in [1.165, 1.54) is 5.52 Å². The van der Waals surface area contributed by atoms with Crippen molar-refractivity contribution in [2.45, 2.75) is 58.2 Å². The zero-order valence-electron chi connectivity index (χ0n) is 14.4. The summed E-state index contributed by atoms with van der Waals surface area (Å²) in [5.74, 6) is -0.866. The Hall–Kier alpha value is -1.55. The summed E-state index contributed by atoms with van der Waals surface area (Å²) in [6, 6.07) is 7.56. The highest BCUT2D eigenvalue weighted by Crippen LogP contribution is 2.44. The highest BCUT2D eigenvalue weighted by molar-refractivity contribution is 6.82. The molecule has 1 N–H and O–H groups in total. The number of carboxylic acids is 1. The highest BCUT2D eigenvalue weighted by atomic mass is 28.3. The lowest BCUT2D eigenvalue weighted by Crippen LogP contribution is -2.51. The van der Waals surface area contributed by atoms with Crippen LogP contribution in [0.4, 0.5) is 0 Å². The van der Waals surface area contributed by atoms with Crippen LogP contribution >= 0.6 is 0 Å². The lowest BCUT2D eigenvalue weighted by Gasteiger charge is -2.44. The summed E-state index contributed by atoms with van der Waals surface area (Å²) < 4.78 is 2.51. The molecule has 120 valence electrons. The van der Waals surface area contributed by atoms with Crippen LogP contribution in [0.5, 0.6) is 0 Å². The number of aromatic nitrogens is 1. The molecule has 0 saturated carbocycles. The second kappa shape index (κ2) is 5.92. The van der Waals surface area contributed by atoms with Crippen molar-refractivity contribution in [3.63, 3.8) is 0 Å². The molecule has 0 bridgehead atoms. The molecule has 2 rings (SSSR count). The van der Waals surface area contributed by atoms with Crippen molar-refractivity contribution in [2.24, 2.45) is 0 Å². The van der Waals surface area contributed by atoms with Crippen molar-refractivity contribution in [3.8, 4) is 0 Å². The predicted molar refractivity (Wildman–Crippen MR) is 95.3 cm³/mol. The smallest absolute Gasteiger partial charge is 0.335 e. The number of carbonyl (C=O) groups is 1. The van der Waals surface area contributed by atoms with Gasteiger partial charge in [-0.05, 0) is 52.5 Å². The molecule has 3 nitrogen and oxygen atoms in total. The number of hydrogen-bond acceptors (Lipinski definition) is 1. The number of rotatable bonds is 5. The number of carboxylic acid groups (broad SMARTS) is 1. The first-order valence-electron chi connectivity index (χ1n) is 8.07. The summed E-state index contributed by atoms with van der Waals surface area (Å²) in [6.45, 7) is 14.0. The van der Waals surface area contributed by atoms with Gasteiger partial charge >= 0.3 is 5.97 Å². The van der Waals surface area contributed by atoms with Crippen LogP contribution in [-0.4, -0.2) is 23.5 Å². The molecule has 0 aliphatic heterocycles. The number of nitrogens with zero attached hydrogens (tertiary/aromatic N) is 1. The van der Waals surface area contributed by atoms with E-state index >= 15 is 0 Å². The summed E-state index contributed by atoms with van der Waals surface area (Å²) in [5, 5.41) is 10.2. The minimum Gasteiger partial charge on any atom is -0.478 e. The summed E-state index contributed by atoms with van der Waals surface area (Å²) in [6.07, 6.45) is 2.18. The minimum absolute atomic E-state index is 0.358. The minimum atomic E-state index is -1.79. The van der Waals surface area contributed by atoms with E-state index in [2.05, 4.69) is 58.0 Å². The van der Waals surface area contributed by atoms with E-state index in [9.17, 15) is 9.90 Å². The monoisotopic (exact) mass is 317 g/mol. The number of fused-ring (bicyclic) bond motifs is 1. The lowest BCUT2D eigenvalue weighted by molar-refractivity contribution is 0.0697. The molecular weight excluding hydrogens is 290 g/mol. The first-order chi connectivity index (χ1) is 10.2. The quantitative estimate of drug-likeness (QED) is 0.754. The Morgan fingerprint density at radius 2 is 1.55 bits per heavy atom. The second-order valence-corrected chi connectivity index (χ2v) is 12.8. The summed E-state index contributed by atoms with van der Waals surface area (Å²) >= 11 is 0. The predicted octanol–water partition coefficient (Wildman–Crippen LogP) is 5.36. The first-order valence-corrected chi connectivity index (χ1v) is 10.3. The van der Waals surface area contributed by atoms with Crippen molar-refractivity contribution in [1.82, 2.24) is 4.23 Å².